The number of rotatable bonds is 12. The fraction of sp³-hybridized carbons (Fsp3) is 0.909. The average molecular weight is 219 g/mol. The van der Waals surface area contributed by atoms with Crippen LogP contribution in [-0.4, -0.2) is 52.9 Å². The fourth-order valence-electron chi connectivity index (χ4n) is 0.906. The lowest BCUT2D eigenvalue weighted by atomic mass is 10.5. The predicted octanol–water partition coefficient (Wildman–Crippen LogP) is 1.30. The highest BCUT2D eigenvalue weighted by atomic mass is 16.6. The summed E-state index contributed by atoms with van der Waals surface area (Å²) in [6, 6.07) is 0. The summed E-state index contributed by atoms with van der Waals surface area (Å²) in [5.41, 5.74) is 0. The van der Waals surface area contributed by atoms with Gasteiger partial charge in [-0.1, -0.05) is 6.92 Å². The van der Waals surface area contributed by atoms with Gasteiger partial charge in [0.05, 0.1) is 39.6 Å². The van der Waals surface area contributed by atoms with Crippen LogP contribution in [0, 0.1) is 6.92 Å². The lowest BCUT2D eigenvalue weighted by molar-refractivity contribution is 0.000865. The topological polar surface area (TPSA) is 36.9 Å². The zero-order valence-corrected chi connectivity index (χ0v) is 9.70. The molecule has 0 fully saturated rings. The number of ether oxygens (including phenoxy) is 4. The van der Waals surface area contributed by atoms with Crippen LogP contribution < -0.4 is 0 Å². The van der Waals surface area contributed by atoms with Crippen LogP contribution >= 0.6 is 0 Å². The quantitative estimate of drug-likeness (QED) is 0.464. The third-order valence-corrected chi connectivity index (χ3v) is 1.61. The molecule has 91 valence electrons. The van der Waals surface area contributed by atoms with Crippen molar-refractivity contribution < 1.29 is 18.9 Å². The van der Waals surface area contributed by atoms with Crippen molar-refractivity contribution in [2.24, 2.45) is 0 Å². The molecule has 0 aliphatic carbocycles. The molecule has 4 heteroatoms. The molecule has 0 aliphatic heterocycles. The molecule has 0 N–H and O–H groups in total. The Morgan fingerprint density at radius 2 is 1.07 bits per heavy atom. The molecule has 0 amide bonds. The molecule has 1 radical (unpaired) electrons. The van der Waals surface area contributed by atoms with E-state index >= 15 is 0 Å². The molecule has 0 rings (SSSR count). The summed E-state index contributed by atoms with van der Waals surface area (Å²) in [4.78, 5) is 0. The molecular weight excluding hydrogens is 196 g/mol. The maximum absolute atomic E-state index is 5.28. The van der Waals surface area contributed by atoms with Crippen molar-refractivity contribution in [1.82, 2.24) is 0 Å². The zero-order chi connectivity index (χ0) is 11.2. The molecule has 15 heavy (non-hydrogen) atoms. The lowest BCUT2D eigenvalue weighted by Crippen LogP contribution is -2.11. The van der Waals surface area contributed by atoms with Gasteiger partial charge in [-0.2, -0.15) is 0 Å². The SMILES string of the molecule is [CH2]COCCOCCOCCOCCC. The van der Waals surface area contributed by atoms with Crippen molar-refractivity contribution in [2.45, 2.75) is 13.3 Å². The van der Waals surface area contributed by atoms with Gasteiger partial charge >= 0.3 is 0 Å². The Labute approximate surface area is 92.8 Å². The Balaban J connectivity index is 2.81. The lowest BCUT2D eigenvalue weighted by Gasteiger charge is -2.06. The molecule has 0 aromatic carbocycles. The van der Waals surface area contributed by atoms with E-state index in [1.165, 1.54) is 0 Å². The van der Waals surface area contributed by atoms with Gasteiger partial charge in [0.15, 0.2) is 0 Å². The molecule has 0 aromatic heterocycles. The Morgan fingerprint density at radius 3 is 1.47 bits per heavy atom. The summed E-state index contributed by atoms with van der Waals surface area (Å²) in [7, 11) is 0. The highest BCUT2D eigenvalue weighted by molar-refractivity contribution is 4.35. The zero-order valence-electron chi connectivity index (χ0n) is 9.70. The second-order valence-corrected chi connectivity index (χ2v) is 2.95. The van der Waals surface area contributed by atoms with Crippen molar-refractivity contribution in [3.8, 4) is 0 Å². The van der Waals surface area contributed by atoms with E-state index in [-0.39, 0.29) is 0 Å². The van der Waals surface area contributed by atoms with E-state index in [2.05, 4.69) is 13.8 Å². The summed E-state index contributed by atoms with van der Waals surface area (Å²) >= 11 is 0. The Bertz CT molecular complexity index is 96.8. The Hall–Kier alpha value is -0.160. The first-order valence-electron chi connectivity index (χ1n) is 5.52. The summed E-state index contributed by atoms with van der Waals surface area (Å²) in [5.74, 6) is 0. The third-order valence-electron chi connectivity index (χ3n) is 1.61. The second-order valence-electron chi connectivity index (χ2n) is 2.95. The average Bonchev–Trinajstić information content (AvgIpc) is 2.26. The van der Waals surface area contributed by atoms with E-state index in [0.29, 0.717) is 46.2 Å². The van der Waals surface area contributed by atoms with E-state index < -0.39 is 0 Å². The summed E-state index contributed by atoms with van der Waals surface area (Å²) in [6.07, 6.45) is 1.05. The third kappa shape index (κ3) is 13.8. The minimum Gasteiger partial charge on any atom is -0.379 e. The number of hydrogen-bond donors (Lipinski definition) is 0. The van der Waals surface area contributed by atoms with E-state index in [0.717, 1.165) is 13.0 Å². The van der Waals surface area contributed by atoms with Crippen LogP contribution in [0.4, 0.5) is 0 Å². The largest absolute Gasteiger partial charge is 0.379 e. The number of hydrogen-bond acceptors (Lipinski definition) is 4. The summed E-state index contributed by atoms with van der Waals surface area (Å²) in [5, 5.41) is 0. The fourth-order valence-corrected chi connectivity index (χ4v) is 0.906. The standard InChI is InChI=1S/C11H23O4/c1-3-5-13-8-9-15-11-10-14-7-6-12-4-2/h2-11H2,1H3. The van der Waals surface area contributed by atoms with Crippen molar-refractivity contribution in [3.63, 3.8) is 0 Å². The van der Waals surface area contributed by atoms with Gasteiger partial charge in [-0.3, -0.25) is 0 Å². The van der Waals surface area contributed by atoms with Crippen molar-refractivity contribution >= 4 is 0 Å². The molecule has 0 aliphatic rings. The van der Waals surface area contributed by atoms with Crippen molar-refractivity contribution in [1.29, 1.82) is 0 Å². The maximum atomic E-state index is 5.28. The van der Waals surface area contributed by atoms with Gasteiger partial charge in [-0.15, -0.1) is 0 Å². The van der Waals surface area contributed by atoms with Crippen LogP contribution in [0.5, 0.6) is 0 Å². The van der Waals surface area contributed by atoms with Crippen LogP contribution in [0.25, 0.3) is 0 Å². The first kappa shape index (κ1) is 14.8. The highest BCUT2D eigenvalue weighted by Crippen LogP contribution is 1.83. The first-order valence-corrected chi connectivity index (χ1v) is 5.52. The molecular formula is C11H23O4. The summed E-state index contributed by atoms with van der Waals surface area (Å²) in [6.45, 7) is 10.7. The van der Waals surface area contributed by atoms with E-state index in [9.17, 15) is 0 Å². The molecule has 0 saturated heterocycles. The predicted molar refractivity (Wildman–Crippen MR) is 58.9 cm³/mol. The van der Waals surface area contributed by atoms with E-state index in [1.54, 1.807) is 0 Å². The van der Waals surface area contributed by atoms with Gasteiger partial charge in [-0.05, 0) is 13.3 Å². The normalized spacial score (nSPS) is 10.8. The van der Waals surface area contributed by atoms with Gasteiger partial charge < -0.3 is 18.9 Å². The molecule has 0 aromatic rings. The van der Waals surface area contributed by atoms with Gasteiger partial charge in [-0.25, -0.2) is 0 Å². The summed E-state index contributed by atoms with van der Waals surface area (Å²) < 4.78 is 20.8. The van der Waals surface area contributed by atoms with Gasteiger partial charge in [0, 0.05) is 13.2 Å². The molecule has 0 heterocycles. The molecule has 0 spiro atoms. The van der Waals surface area contributed by atoms with E-state index in [1.807, 2.05) is 0 Å². The van der Waals surface area contributed by atoms with Gasteiger partial charge in [0.25, 0.3) is 0 Å². The first-order chi connectivity index (χ1) is 7.41. The van der Waals surface area contributed by atoms with Gasteiger partial charge in [0.2, 0.25) is 0 Å². The van der Waals surface area contributed by atoms with Crippen molar-refractivity contribution in [3.05, 3.63) is 6.92 Å². The van der Waals surface area contributed by atoms with Crippen LogP contribution in [0.2, 0.25) is 0 Å². The highest BCUT2D eigenvalue weighted by Gasteiger charge is 1.90. The molecule has 0 atom stereocenters. The second kappa shape index (κ2) is 13.8. The smallest absolute Gasteiger partial charge is 0.0701 e. The van der Waals surface area contributed by atoms with Crippen LogP contribution in [-0.2, 0) is 18.9 Å². The Morgan fingerprint density at radius 1 is 0.667 bits per heavy atom. The molecule has 0 saturated carbocycles. The molecule has 0 unspecified atom stereocenters. The Kier molecular flexibility index (Phi) is 13.7. The monoisotopic (exact) mass is 219 g/mol. The molecule has 4 nitrogen and oxygen atoms in total. The van der Waals surface area contributed by atoms with Crippen molar-refractivity contribution in [2.75, 3.05) is 52.9 Å². The maximum Gasteiger partial charge on any atom is 0.0701 e. The van der Waals surface area contributed by atoms with Gasteiger partial charge in [0.1, 0.15) is 0 Å². The van der Waals surface area contributed by atoms with Crippen LogP contribution in [0.15, 0.2) is 0 Å². The molecule has 0 bridgehead atoms. The minimum absolute atomic E-state index is 0.495. The van der Waals surface area contributed by atoms with E-state index in [4.69, 9.17) is 18.9 Å². The van der Waals surface area contributed by atoms with Crippen LogP contribution in [0.1, 0.15) is 13.3 Å². The van der Waals surface area contributed by atoms with Crippen LogP contribution in [0.3, 0.4) is 0 Å². The minimum atomic E-state index is 0.495.